The Bertz CT molecular complexity index is 1330. The molecular formula is C29H28FNO5. The number of amides is 1. The molecule has 1 amide bonds. The van der Waals surface area contributed by atoms with Crippen LogP contribution in [0.15, 0.2) is 72.3 Å². The number of hydrogen-bond acceptors (Lipinski definition) is 5. The molecule has 1 saturated heterocycles. The Labute approximate surface area is 209 Å². The summed E-state index contributed by atoms with van der Waals surface area (Å²) >= 11 is 0. The molecule has 0 bridgehead atoms. The number of ketones is 1. The number of rotatable bonds is 7. The lowest BCUT2D eigenvalue weighted by Crippen LogP contribution is -2.29. The highest BCUT2D eigenvalue weighted by Gasteiger charge is 2.47. The number of anilines is 1. The number of nitrogens with zero attached hydrogens (tertiary/aromatic N) is 1. The van der Waals surface area contributed by atoms with Crippen LogP contribution < -0.4 is 14.4 Å². The zero-order valence-electron chi connectivity index (χ0n) is 20.6. The van der Waals surface area contributed by atoms with Gasteiger partial charge in [0.25, 0.3) is 11.7 Å². The molecule has 0 saturated carbocycles. The maximum absolute atomic E-state index is 13.9. The summed E-state index contributed by atoms with van der Waals surface area (Å²) in [6.45, 7) is 6.20. The van der Waals surface area contributed by atoms with Gasteiger partial charge in [0.05, 0.1) is 25.3 Å². The van der Waals surface area contributed by atoms with Gasteiger partial charge >= 0.3 is 0 Å². The Kier molecular flexibility index (Phi) is 7.10. The van der Waals surface area contributed by atoms with Gasteiger partial charge in [-0.15, -0.1) is 0 Å². The molecule has 0 radical (unpaired) electrons. The average molecular weight is 490 g/mol. The van der Waals surface area contributed by atoms with Crippen molar-refractivity contribution in [2.75, 3.05) is 18.6 Å². The zero-order valence-corrected chi connectivity index (χ0v) is 20.6. The van der Waals surface area contributed by atoms with Crippen molar-refractivity contribution in [1.29, 1.82) is 0 Å². The summed E-state index contributed by atoms with van der Waals surface area (Å²) in [5.74, 6) is -0.885. The maximum atomic E-state index is 13.9. The van der Waals surface area contributed by atoms with Gasteiger partial charge in [-0.25, -0.2) is 4.39 Å². The van der Waals surface area contributed by atoms with Gasteiger partial charge in [-0.3, -0.25) is 14.5 Å². The second-order valence-electron chi connectivity index (χ2n) is 9.11. The van der Waals surface area contributed by atoms with E-state index in [1.54, 1.807) is 55.5 Å². The van der Waals surface area contributed by atoms with E-state index in [1.807, 2.05) is 13.8 Å². The average Bonchev–Trinajstić information content (AvgIpc) is 3.14. The quantitative estimate of drug-likeness (QED) is 0.258. The Morgan fingerprint density at radius 2 is 1.75 bits per heavy atom. The lowest BCUT2D eigenvalue weighted by atomic mass is 9.94. The van der Waals surface area contributed by atoms with Crippen LogP contribution in [-0.2, 0) is 9.59 Å². The van der Waals surface area contributed by atoms with Crippen molar-refractivity contribution in [2.24, 2.45) is 5.92 Å². The predicted molar refractivity (Wildman–Crippen MR) is 136 cm³/mol. The summed E-state index contributed by atoms with van der Waals surface area (Å²) in [4.78, 5) is 28.0. The first-order chi connectivity index (χ1) is 17.2. The molecule has 7 heteroatoms. The topological polar surface area (TPSA) is 76.1 Å². The second kappa shape index (κ2) is 10.2. The molecule has 1 aliphatic heterocycles. The third-order valence-corrected chi connectivity index (χ3v) is 5.98. The van der Waals surface area contributed by atoms with Crippen LogP contribution >= 0.6 is 0 Å². The molecule has 1 unspecified atom stereocenters. The van der Waals surface area contributed by atoms with Crippen LogP contribution in [0.4, 0.5) is 10.1 Å². The molecule has 3 aromatic rings. The number of hydrogen-bond donors (Lipinski definition) is 1. The van der Waals surface area contributed by atoms with Gasteiger partial charge in [0, 0.05) is 11.3 Å². The monoisotopic (exact) mass is 489 g/mol. The lowest BCUT2D eigenvalue weighted by Gasteiger charge is -2.26. The van der Waals surface area contributed by atoms with Crippen LogP contribution in [0.3, 0.4) is 0 Å². The first kappa shape index (κ1) is 25.0. The fourth-order valence-corrected chi connectivity index (χ4v) is 4.14. The normalized spacial score (nSPS) is 17.1. The number of carbonyl (C=O) groups excluding carboxylic acids is 2. The SMILES string of the molecule is COc1cccc(C2/C(=C(/O)c3ccc(F)c(C)c3)C(=O)C(=O)N2c2ccc(OCC(C)C)cc2)c1. The maximum Gasteiger partial charge on any atom is 0.300 e. The molecule has 0 aliphatic carbocycles. The zero-order chi connectivity index (χ0) is 26.0. The van der Waals surface area contributed by atoms with Crippen LogP contribution in [0.5, 0.6) is 11.5 Å². The third-order valence-electron chi connectivity index (χ3n) is 5.98. The van der Waals surface area contributed by atoms with Crippen molar-refractivity contribution in [3.05, 3.63) is 94.8 Å². The highest BCUT2D eigenvalue weighted by Crippen LogP contribution is 2.43. The summed E-state index contributed by atoms with van der Waals surface area (Å²) in [7, 11) is 1.52. The van der Waals surface area contributed by atoms with Gasteiger partial charge in [-0.05, 0) is 78.6 Å². The van der Waals surface area contributed by atoms with E-state index in [9.17, 15) is 19.1 Å². The number of benzene rings is 3. The number of aryl methyl sites for hydroxylation is 1. The number of halogens is 1. The van der Waals surface area contributed by atoms with E-state index in [-0.39, 0.29) is 16.9 Å². The lowest BCUT2D eigenvalue weighted by molar-refractivity contribution is -0.132. The number of carbonyl (C=O) groups is 2. The fraction of sp³-hybridized carbons (Fsp3) is 0.241. The molecule has 3 aromatic carbocycles. The summed E-state index contributed by atoms with van der Waals surface area (Å²) in [6, 6.07) is 17.0. The standard InChI is InChI=1S/C29H28FNO5/c1-17(2)16-36-22-11-9-21(10-12-22)31-26(19-6-5-7-23(15-19)35-4)25(28(33)29(31)34)27(32)20-8-13-24(30)18(3)14-20/h5-15,17,26,32H,16H2,1-4H3/b27-25-. The van der Waals surface area contributed by atoms with E-state index in [0.29, 0.717) is 40.8 Å². The minimum absolute atomic E-state index is 0.0839. The third kappa shape index (κ3) is 4.82. The van der Waals surface area contributed by atoms with Crippen molar-refractivity contribution in [3.63, 3.8) is 0 Å². The Balaban J connectivity index is 1.85. The molecule has 0 spiro atoms. The molecule has 1 atom stereocenters. The minimum Gasteiger partial charge on any atom is -0.507 e. The highest BCUT2D eigenvalue weighted by atomic mass is 19.1. The van der Waals surface area contributed by atoms with E-state index in [4.69, 9.17) is 9.47 Å². The summed E-state index contributed by atoms with van der Waals surface area (Å²) in [5.41, 5.74) is 1.52. The van der Waals surface area contributed by atoms with Gasteiger partial charge in [-0.1, -0.05) is 26.0 Å². The number of aliphatic hydroxyl groups is 1. The molecule has 1 aliphatic rings. The van der Waals surface area contributed by atoms with E-state index >= 15 is 0 Å². The fourth-order valence-electron chi connectivity index (χ4n) is 4.14. The second-order valence-corrected chi connectivity index (χ2v) is 9.11. The smallest absolute Gasteiger partial charge is 0.300 e. The number of methoxy groups -OCH3 is 1. The van der Waals surface area contributed by atoms with Gasteiger partial charge < -0.3 is 14.6 Å². The molecule has 1 heterocycles. The van der Waals surface area contributed by atoms with Gasteiger partial charge in [-0.2, -0.15) is 0 Å². The number of Topliss-reactive ketones (excluding diaryl/α,β-unsaturated/α-hetero) is 1. The first-order valence-electron chi connectivity index (χ1n) is 11.7. The van der Waals surface area contributed by atoms with Crippen molar-refractivity contribution in [2.45, 2.75) is 26.8 Å². The van der Waals surface area contributed by atoms with Crippen LogP contribution in [0.2, 0.25) is 0 Å². The van der Waals surface area contributed by atoms with E-state index in [0.717, 1.165) is 0 Å². The van der Waals surface area contributed by atoms with Crippen molar-refractivity contribution >= 4 is 23.1 Å². The van der Waals surface area contributed by atoms with Crippen molar-refractivity contribution in [3.8, 4) is 11.5 Å². The molecule has 36 heavy (non-hydrogen) atoms. The first-order valence-corrected chi connectivity index (χ1v) is 11.7. The van der Waals surface area contributed by atoms with E-state index in [1.165, 1.54) is 30.2 Å². The van der Waals surface area contributed by atoms with Gasteiger partial charge in [0.15, 0.2) is 0 Å². The molecule has 1 N–H and O–H groups in total. The van der Waals surface area contributed by atoms with Gasteiger partial charge in [0.1, 0.15) is 23.1 Å². The van der Waals surface area contributed by atoms with Crippen molar-refractivity contribution < 1.29 is 28.6 Å². The molecule has 1 fully saturated rings. The summed E-state index contributed by atoms with van der Waals surface area (Å²) in [5, 5.41) is 11.2. The molecule has 6 nitrogen and oxygen atoms in total. The van der Waals surface area contributed by atoms with Crippen LogP contribution in [0.1, 0.15) is 36.6 Å². The number of ether oxygens (including phenoxy) is 2. The molecule has 0 aromatic heterocycles. The molecular weight excluding hydrogens is 461 g/mol. The Hall–Kier alpha value is -4.13. The van der Waals surface area contributed by atoms with E-state index in [2.05, 4.69) is 0 Å². The van der Waals surface area contributed by atoms with Crippen LogP contribution in [-0.4, -0.2) is 30.5 Å². The molecule has 186 valence electrons. The number of aliphatic hydroxyl groups excluding tert-OH is 1. The predicted octanol–water partition coefficient (Wildman–Crippen LogP) is 5.80. The summed E-state index contributed by atoms with van der Waals surface area (Å²) < 4.78 is 25.0. The van der Waals surface area contributed by atoms with E-state index < -0.39 is 23.5 Å². The van der Waals surface area contributed by atoms with Crippen LogP contribution in [0, 0.1) is 18.7 Å². The van der Waals surface area contributed by atoms with Gasteiger partial charge in [0.2, 0.25) is 0 Å². The minimum atomic E-state index is -0.923. The highest BCUT2D eigenvalue weighted by molar-refractivity contribution is 6.51. The largest absolute Gasteiger partial charge is 0.507 e. The van der Waals surface area contributed by atoms with Crippen LogP contribution in [0.25, 0.3) is 5.76 Å². The Morgan fingerprint density at radius 1 is 1.03 bits per heavy atom. The molecule has 4 rings (SSSR count). The summed E-state index contributed by atoms with van der Waals surface area (Å²) in [6.07, 6.45) is 0. The van der Waals surface area contributed by atoms with Crippen molar-refractivity contribution in [1.82, 2.24) is 0 Å². The Morgan fingerprint density at radius 3 is 2.39 bits per heavy atom.